The first-order chi connectivity index (χ1) is 13.5. The lowest BCUT2D eigenvalue weighted by Crippen LogP contribution is -2.41. The molecule has 0 amide bonds. The third-order valence-electron chi connectivity index (χ3n) is 4.41. The van der Waals surface area contributed by atoms with Crippen molar-refractivity contribution < 1.29 is 9.47 Å². The van der Waals surface area contributed by atoms with Crippen LogP contribution in [0.25, 0.3) is 0 Å². The summed E-state index contributed by atoms with van der Waals surface area (Å²) in [5.41, 5.74) is 2.52. The van der Waals surface area contributed by atoms with Crippen molar-refractivity contribution >= 4 is 39.9 Å². The van der Waals surface area contributed by atoms with E-state index in [-0.39, 0.29) is 23.4 Å². The summed E-state index contributed by atoms with van der Waals surface area (Å²) in [4.78, 5) is 0. The van der Waals surface area contributed by atoms with Gasteiger partial charge >= 0.3 is 0 Å². The van der Waals surface area contributed by atoms with E-state index in [1.54, 1.807) is 0 Å². The molecule has 1 N–H and O–H groups in total. The lowest BCUT2D eigenvalue weighted by Gasteiger charge is -2.33. The monoisotopic (exact) mass is 517 g/mol. The molecule has 0 aliphatic heterocycles. The number of hydrogen-bond acceptors (Lipinski definition) is 3. The van der Waals surface area contributed by atoms with E-state index in [0.29, 0.717) is 13.2 Å². The summed E-state index contributed by atoms with van der Waals surface area (Å²) in [5.74, 6) is 1.47. The van der Waals surface area contributed by atoms with Crippen LogP contribution in [0.5, 0.6) is 11.5 Å². The number of rotatable bonds is 9. The van der Waals surface area contributed by atoms with E-state index in [1.165, 1.54) is 0 Å². The maximum Gasteiger partial charge on any atom is 0.175 e. The molecule has 0 fully saturated rings. The van der Waals surface area contributed by atoms with Crippen LogP contribution in [0, 0.1) is 5.41 Å². The van der Waals surface area contributed by atoms with Crippen LogP contribution >= 0.6 is 39.9 Å². The Morgan fingerprint density at radius 2 is 1.60 bits per heavy atom. The fourth-order valence-electron chi connectivity index (χ4n) is 3.59. The lowest BCUT2D eigenvalue weighted by atomic mass is 9.82. The molecular formula is C24H34BrCl2NO2. The van der Waals surface area contributed by atoms with Gasteiger partial charge in [-0.2, -0.15) is 0 Å². The second-order valence-corrected chi connectivity index (χ2v) is 10.5. The molecule has 2 aromatic rings. The van der Waals surface area contributed by atoms with Gasteiger partial charge in [-0.05, 0) is 83.9 Å². The van der Waals surface area contributed by atoms with Gasteiger partial charge in [-0.3, -0.25) is 0 Å². The molecule has 0 spiro atoms. The van der Waals surface area contributed by atoms with Gasteiger partial charge in [0.15, 0.2) is 11.5 Å². The van der Waals surface area contributed by atoms with Crippen molar-refractivity contribution in [2.75, 3.05) is 6.61 Å². The summed E-state index contributed by atoms with van der Waals surface area (Å²) >= 11 is 9.63. The molecule has 2 rings (SSSR count). The third kappa shape index (κ3) is 9.05. The SMILES string of the molecule is CCOc1cc(CNC(C)(C)CC(C)(C)C)cc(Br)c1OCc1ccc(Cl)cc1.Cl. The van der Waals surface area contributed by atoms with E-state index in [1.807, 2.05) is 31.2 Å². The fraction of sp³-hybridized carbons (Fsp3) is 0.500. The molecule has 6 heteroatoms. The van der Waals surface area contributed by atoms with Gasteiger partial charge in [0.25, 0.3) is 0 Å². The highest BCUT2D eigenvalue weighted by atomic mass is 79.9. The molecule has 0 saturated heterocycles. The highest BCUT2D eigenvalue weighted by Gasteiger charge is 2.25. The Bertz CT molecular complexity index is 802. The topological polar surface area (TPSA) is 30.5 Å². The van der Waals surface area contributed by atoms with Crippen LogP contribution in [-0.4, -0.2) is 12.1 Å². The summed E-state index contributed by atoms with van der Waals surface area (Å²) in [7, 11) is 0. The van der Waals surface area contributed by atoms with Gasteiger partial charge in [0.05, 0.1) is 11.1 Å². The minimum absolute atomic E-state index is 0. The van der Waals surface area contributed by atoms with Crippen LogP contribution in [-0.2, 0) is 13.2 Å². The molecule has 168 valence electrons. The predicted octanol–water partition coefficient (Wildman–Crippen LogP) is 7.81. The number of benzene rings is 2. The van der Waals surface area contributed by atoms with Crippen molar-refractivity contribution in [1.82, 2.24) is 5.32 Å². The van der Waals surface area contributed by atoms with Gasteiger partial charge in [0.2, 0.25) is 0 Å². The number of halogens is 3. The van der Waals surface area contributed by atoms with Gasteiger partial charge in [-0.15, -0.1) is 12.4 Å². The Morgan fingerprint density at radius 3 is 2.17 bits per heavy atom. The maximum atomic E-state index is 6.08. The van der Waals surface area contributed by atoms with Crippen molar-refractivity contribution in [3.63, 3.8) is 0 Å². The van der Waals surface area contributed by atoms with Crippen molar-refractivity contribution in [3.8, 4) is 11.5 Å². The van der Waals surface area contributed by atoms with E-state index >= 15 is 0 Å². The van der Waals surface area contributed by atoms with E-state index in [4.69, 9.17) is 21.1 Å². The normalized spacial score (nSPS) is 11.7. The molecule has 2 aromatic carbocycles. The Morgan fingerprint density at radius 1 is 0.967 bits per heavy atom. The summed E-state index contributed by atoms with van der Waals surface area (Å²) in [5, 5.41) is 4.40. The molecule has 0 aromatic heterocycles. The van der Waals surface area contributed by atoms with E-state index < -0.39 is 0 Å². The van der Waals surface area contributed by atoms with Crippen LogP contribution in [0.2, 0.25) is 5.02 Å². The Balaban J connectivity index is 0.00000450. The molecule has 0 atom stereocenters. The molecular weight excluding hydrogens is 485 g/mol. The van der Waals surface area contributed by atoms with Crippen LogP contribution in [0.15, 0.2) is 40.9 Å². The first kappa shape index (κ1) is 27.1. The minimum atomic E-state index is 0. The van der Waals surface area contributed by atoms with Crippen LogP contribution in [0.1, 0.15) is 59.1 Å². The van der Waals surface area contributed by atoms with Crippen molar-refractivity contribution in [2.45, 2.75) is 66.7 Å². The zero-order valence-electron chi connectivity index (χ0n) is 18.8. The average Bonchev–Trinajstić information content (AvgIpc) is 2.59. The van der Waals surface area contributed by atoms with Gasteiger partial charge in [-0.25, -0.2) is 0 Å². The van der Waals surface area contributed by atoms with Crippen molar-refractivity contribution in [2.24, 2.45) is 5.41 Å². The Labute approximate surface area is 201 Å². The van der Waals surface area contributed by atoms with Gasteiger partial charge in [-0.1, -0.05) is 44.5 Å². The Kier molecular flexibility index (Phi) is 10.5. The molecule has 0 bridgehead atoms. The molecule has 30 heavy (non-hydrogen) atoms. The van der Waals surface area contributed by atoms with Gasteiger partial charge < -0.3 is 14.8 Å². The molecule has 0 aliphatic rings. The molecule has 0 saturated carbocycles. The van der Waals surface area contributed by atoms with Gasteiger partial charge in [0.1, 0.15) is 6.61 Å². The molecule has 0 aliphatic carbocycles. The van der Waals surface area contributed by atoms with Crippen LogP contribution < -0.4 is 14.8 Å². The van der Waals surface area contributed by atoms with E-state index in [2.05, 4.69) is 68.0 Å². The first-order valence-corrected chi connectivity index (χ1v) is 11.2. The summed E-state index contributed by atoms with van der Waals surface area (Å²) in [6, 6.07) is 11.8. The summed E-state index contributed by atoms with van der Waals surface area (Å²) in [6.45, 7) is 15.1. The first-order valence-electron chi connectivity index (χ1n) is 10.1. The highest BCUT2D eigenvalue weighted by Crippen LogP contribution is 2.38. The second-order valence-electron chi connectivity index (χ2n) is 9.23. The third-order valence-corrected chi connectivity index (χ3v) is 5.25. The summed E-state index contributed by atoms with van der Waals surface area (Å²) in [6.07, 6.45) is 1.09. The van der Waals surface area contributed by atoms with Crippen LogP contribution in [0.4, 0.5) is 0 Å². The van der Waals surface area contributed by atoms with E-state index in [0.717, 1.165) is 45.1 Å². The van der Waals surface area contributed by atoms with Crippen LogP contribution in [0.3, 0.4) is 0 Å². The zero-order chi connectivity index (χ0) is 21.7. The minimum Gasteiger partial charge on any atom is -0.490 e. The van der Waals surface area contributed by atoms with Crippen molar-refractivity contribution in [1.29, 1.82) is 0 Å². The zero-order valence-corrected chi connectivity index (χ0v) is 21.9. The molecule has 0 unspecified atom stereocenters. The fourth-order valence-corrected chi connectivity index (χ4v) is 4.32. The predicted molar refractivity (Wildman–Crippen MR) is 133 cm³/mol. The number of hydrogen-bond donors (Lipinski definition) is 1. The van der Waals surface area contributed by atoms with E-state index in [9.17, 15) is 0 Å². The Hall–Kier alpha value is -0.940. The summed E-state index contributed by atoms with van der Waals surface area (Å²) < 4.78 is 12.8. The largest absolute Gasteiger partial charge is 0.490 e. The quantitative estimate of drug-likeness (QED) is 0.367. The molecule has 0 heterocycles. The standard InChI is InChI=1S/C24H33BrClNO2.ClH/c1-7-28-21-13-18(14-27-24(5,6)16-23(2,3)4)12-20(25)22(21)29-15-17-8-10-19(26)11-9-17;/h8-13,27H,7,14-16H2,1-6H3;1H. The highest BCUT2D eigenvalue weighted by molar-refractivity contribution is 9.10. The number of ether oxygens (including phenoxy) is 2. The maximum absolute atomic E-state index is 6.08. The second kappa shape index (κ2) is 11.6. The van der Waals surface area contributed by atoms with Crippen molar-refractivity contribution in [3.05, 3.63) is 57.0 Å². The molecule has 3 nitrogen and oxygen atoms in total. The smallest absolute Gasteiger partial charge is 0.175 e. The average molecular weight is 519 g/mol. The molecule has 0 radical (unpaired) electrons. The number of nitrogens with one attached hydrogen (secondary N) is 1. The van der Waals surface area contributed by atoms with Gasteiger partial charge in [0, 0.05) is 17.1 Å². The lowest BCUT2D eigenvalue weighted by molar-refractivity contribution is 0.240.